The number of carbonyl (C=O) groups is 1. The standard InChI is InChI=1S/C24H27N3O3/c1-17-8-4-5-9-19(17)15-21-23(24(29)26-12-13-30-3)22(28)14-18(2)27(21)16-20-10-6-7-11-25-20/h4-11,14H,12-13,15-16H2,1-3H3,(H,26,29). The van der Waals surface area contributed by atoms with Crippen LogP contribution in [-0.2, 0) is 17.7 Å². The van der Waals surface area contributed by atoms with Crippen LogP contribution in [-0.4, -0.2) is 35.7 Å². The Hall–Kier alpha value is -3.25. The van der Waals surface area contributed by atoms with Gasteiger partial charge in [0, 0.05) is 43.7 Å². The summed E-state index contributed by atoms with van der Waals surface area (Å²) >= 11 is 0. The van der Waals surface area contributed by atoms with Crippen LogP contribution in [0.2, 0.25) is 0 Å². The van der Waals surface area contributed by atoms with Crippen molar-refractivity contribution in [2.45, 2.75) is 26.8 Å². The molecule has 0 aliphatic carbocycles. The summed E-state index contributed by atoms with van der Waals surface area (Å²) in [4.78, 5) is 30.3. The summed E-state index contributed by atoms with van der Waals surface area (Å²) in [6, 6.07) is 15.3. The molecule has 3 aromatic rings. The van der Waals surface area contributed by atoms with E-state index in [0.29, 0.717) is 31.8 Å². The first kappa shape index (κ1) is 21.5. The SMILES string of the molecule is COCCNC(=O)c1c(Cc2ccccc2C)n(Cc2ccccn2)c(C)cc1=O. The normalized spacial score (nSPS) is 10.8. The zero-order valence-corrected chi connectivity index (χ0v) is 17.6. The van der Waals surface area contributed by atoms with Crippen molar-refractivity contribution >= 4 is 5.91 Å². The quantitative estimate of drug-likeness (QED) is 0.585. The van der Waals surface area contributed by atoms with Crippen LogP contribution >= 0.6 is 0 Å². The first-order valence-corrected chi connectivity index (χ1v) is 9.96. The molecule has 0 saturated carbocycles. The van der Waals surface area contributed by atoms with Crippen LogP contribution in [0.1, 0.15) is 38.6 Å². The number of amides is 1. The third-order valence-corrected chi connectivity index (χ3v) is 5.11. The topological polar surface area (TPSA) is 73.2 Å². The smallest absolute Gasteiger partial charge is 0.257 e. The van der Waals surface area contributed by atoms with Crippen LogP contribution in [0, 0.1) is 13.8 Å². The lowest BCUT2D eigenvalue weighted by molar-refractivity contribution is 0.0934. The molecule has 0 aliphatic rings. The van der Waals surface area contributed by atoms with E-state index in [1.165, 1.54) is 6.07 Å². The zero-order valence-electron chi connectivity index (χ0n) is 17.6. The van der Waals surface area contributed by atoms with Gasteiger partial charge >= 0.3 is 0 Å². The Kier molecular flexibility index (Phi) is 7.14. The molecule has 1 N–H and O–H groups in total. The van der Waals surface area contributed by atoms with Gasteiger partial charge < -0.3 is 14.6 Å². The molecule has 0 bridgehead atoms. The van der Waals surface area contributed by atoms with Gasteiger partial charge in [0.15, 0.2) is 5.43 Å². The monoisotopic (exact) mass is 405 g/mol. The minimum atomic E-state index is -0.379. The number of benzene rings is 1. The maximum atomic E-state index is 13.0. The molecule has 0 spiro atoms. The fraction of sp³-hybridized carbons (Fsp3) is 0.292. The Bertz CT molecular complexity index is 1070. The van der Waals surface area contributed by atoms with Crippen molar-refractivity contribution in [1.82, 2.24) is 14.9 Å². The average molecular weight is 405 g/mol. The molecule has 6 nitrogen and oxygen atoms in total. The molecule has 6 heteroatoms. The van der Waals surface area contributed by atoms with Crippen LogP contribution < -0.4 is 10.7 Å². The number of methoxy groups -OCH3 is 1. The molecule has 0 unspecified atom stereocenters. The van der Waals surface area contributed by atoms with E-state index in [1.807, 2.05) is 60.9 Å². The summed E-state index contributed by atoms with van der Waals surface area (Å²) < 4.78 is 7.03. The van der Waals surface area contributed by atoms with Gasteiger partial charge in [-0.2, -0.15) is 0 Å². The number of ether oxygens (including phenoxy) is 1. The van der Waals surface area contributed by atoms with Gasteiger partial charge in [0.05, 0.1) is 18.8 Å². The van der Waals surface area contributed by atoms with Crippen molar-refractivity contribution in [3.63, 3.8) is 0 Å². The van der Waals surface area contributed by atoms with Gasteiger partial charge in [-0.1, -0.05) is 30.3 Å². The van der Waals surface area contributed by atoms with Crippen molar-refractivity contribution < 1.29 is 9.53 Å². The van der Waals surface area contributed by atoms with Crippen molar-refractivity contribution in [3.8, 4) is 0 Å². The van der Waals surface area contributed by atoms with Gasteiger partial charge in [-0.25, -0.2) is 0 Å². The van der Waals surface area contributed by atoms with E-state index in [4.69, 9.17) is 4.74 Å². The lowest BCUT2D eigenvalue weighted by atomic mass is 9.99. The number of carbonyl (C=O) groups excluding carboxylic acids is 1. The summed E-state index contributed by atoms with van der Waals surface area (Å²) in [6.07, 6.45) is 2.22. The molecule has 2 heterocycles. The second kappa shape index (κ2) is 9.98. The number of pyridine rings is 2. The number of nitrogens with zero attached hydrogens (tertiary/aromatic N) is 2. The highest BCUT2D eigenvalue weighted by atomic mass is 16.5. The Labute approximate surface area is 176 Å². The molecule has 2 aromatic heterocycles. The average Bonchev–Trinajstić information content (AvgIpc) is 2.73. The van der Waals surface area contributed by atoms with Gasteiger partial charge in [0.2, 0.25) is 0 Å². The predicted molar refractivity (Wildman–Crippen MR) is 117 cm³/mol. The molecule has 0 radical (unpaired) electrons. The molecule has 30 heavy (non-hydrogen) atoms. The van der Waals surface area contributed by atoms with Gasteiger partial charge in [-0.3, -0.25) is 14.6 Å². The fourth-order valence-corrected chi connectivity index (χ4v) is 3.47. The van der Waals surface area contributed by atoms with Gasteiger partial charge in [-0.15, -0.1) is 0 Å². The van der Waals surface area contributed by atoms with Crippen molar-refractivity contribution in [2.75, 3.05) is 20.3 Å². The van der Waals surface area contributed by atoms with Crippen molar-refractivity contribution in [1.29, 1.82) is 0 Å². The van der Waals surface area contributed by atoms with E-state index in [9.17, 15) is 9.59 Å². The molecule has 156 valence electrons. The highest BCUT2D eigenvalue weighted by Crippen LogP contribution is 2.18. The Morgan fingerprint density at radius 3 is 2.60 bits per heavy atom. The first-order valence-electron chi connectivity index (χ1n) is 9.96. The Balaban J connectivity index is 2.12. The fourth-order valence-electron chi connectivity index (χ4n) is 3.47. The van der Waals surface area contributed by atoms with Crippen LogP contribution in [0.5, 0.6) is 0 Å². The van der Waals surface area contributed by atoms with Crippen LogP contribution in [0.15, 0.2) is 59.5 Å². The number of aryl methyl sites for hydroxylation is 2. The highest BCUT2D eigenvalue weighted by Gasteiger charge is 2.21. The summed E-state index contributed by atoms with van der Waals surface area (Å²) in [5.41, 5.74) is 4.43. The first-order chi connectivity index (χ1) is 14.5. The summed E-state index contributed by atoms with van der Waals surface area (Å²) in [7, 11) is 1.57. The van der Waals surface area contributed by atoms with Crippen molar-refractivity contribution in [3.05, 3.63) is 98.7 Å². The number of rotatable bonds is 8. The number of hydrogen-bond acceptors (Lipinski definition) is 4. The van der Waals surface area contributed by atoms with Crippen molar-refractivity contribution in [2.24, 2.45) is 0 Å². The van der Waals surface area contributed by atoms with Gasteiger partial charge in [-0.05, 0) is 37.1 Å². The predicted octanol–water partition coefficient (Wildman–Crippen LogP) is 2.88. The second-order valence-corrected chi connectivity index (χ2v) is 7.23. The molecule has 0 atom stereocenters. The van der Waals surface area contributed by atoms with E-state index >= 15 is 0 Å². The molecule has 0 saturated heterocycles. The van der Waals surface area contributed by atoms with E-state index in [-0.39, 0.29) is 16.9 Å². The Morgan fingerprint density at radius 2 is 1.90 bits per heavy atom. The molecule has 0 fully saturated rings. The van der Waals surface area contributed by atoms with Gasteiger partial charge in [0.25, 0.3) is 5.91 Å². The summed E-state index contributed by atoms with van der Waals surface area (Å²) in [6.45, 7) is 5.12. The number of nitrogens with one attached hydrogen (secondary N) is 1. The maximum Gasteiger partial charge on any atom is 0.257 e. The molecule has 1 aromatic carbocycles. The number of aromatic nitrogens is 2. The largest absolute Gasteiger partial charge is 0.383 e. The van der Waals surface area contributed by atoms with E-state index in [0.717, 1.165) is 22.5 Å². The number of hydrogen-bond donors (Lipinski definition) is 1. The van der Waals surface area contributed by atoms with Crippen LogP contribution in [0.25, 0.3) is 0 Å². The summed E-state index contributed by atoms with van der Waals surface area (Å²) in [5.74, 6) is -0.379. The van der Waals surface area contributed by atoms with E-state index < -0.39 is 0 Å². The van der Waals surface area contributed by atoms with Gasteiger partial charge in [0.1, 0.15) is 5.56 Å². The highest BCUT2D eigenvalue weighted by molar-refractivity contribution is 5.95. The molecular formula is C24H27N3O3. The minimum Gasteiger partial charge on any atom is -0.383 e. The molecule has 1 amide bonds. The van der Waals surface area contributed by atoms with E-state index in [2.05, 4.69) is 10.3 Å². The third-order valence-electron chi connectivity index (χ3n) is 5.11. The molecule has 3 rings (SSSR count). The lowest BCUT2D eigenvalue weighted by Gasteiger charge is -2.21. The van der Waals surface area contributed by atoms with Crippen LogP contribution in [0.3, 0.4) is 0 Å². The van der Waals surface area contributed by atoms with E-state index in [1.54, 1.807) is 13.3 Å². The second-order valence-electron chi connectivity index (χ2n) is 7.23. The minimum absolute atomic E-state index is 0.177. The molecular weight excluding hydrogens is 378 g/mol. The Morgan fingerprint density at radius 1 is 1.13 bits per heavy atom. The van der Waals surface area contributed by atoms with Crippen LogP contribution in [0.4, 0.5) is 0 Å². The lowest BCUT2D eigenvalue weighted by Crippen LogP contribution is -2.34. The third kappa shape index (κ3) is 5.02. The maximum absolute atomic E-state index is 13.0. The zero-order chi connectivity index (χ0) is 21.5. The summed E-state index contributed by atoms with van der Waals surface area (Å²) in [5, 5.41) is 2.80. The molecule has 0 aliphatic heterocycles.